The van der Waals surface area contributed by atoms with E-state index >= 15 is 0 Å². The van der Waals surface area contributed by atoms with Crippen LogP contribution in [0.4, 0.5) is 0 Å². The van der Waals surface area contributed by atoms with Crippen molar-refractivity contribution >= 4 is 0 Å². The summed E-state index contributed by atoms with van der Waals surface area (Å²) >= 11 is 0. The van der Waals surface area contributed by atoms with Gasteiger partial charge < -0.3 is 5.73 Å². The fourth-order valence-corrected chi connectivity index (χ4v) is 4.28. The molecule has 0 aliphatic carbocycles. The molecule has 2 N–H and O–H groups in total. The van der Waals surface area contributed by atoms with Crippen molar-refractivity contribution in [1.29, 1.82) is 0 Å². The zero-order chi connectivity index (χ0) is 14.6. The molecule has 2 aliphatic heterocycles. The molecule has 2 fully saturated rings. The Bertz CT molecular complexity index is 288. The number of nitrogens with two attached hydrogens (primary N) is 1. The van der Waals surface area contributed by atoms with Crippen molar-refractivity contribution < 1.29 is 0 Å². The average Bonchev–Trinajstić information content (AvgIpc) is 2.81. The van der Waals surface area contributed by atoms with Crippen molar-refractivity contribution in [3.05, 3.63) is 0 Å². The fourth-order valence-electron chi connectivity index (χ4n) is 4.28. The summed E-state index contributed by atoms with van der Waals surface area (Å²) in [5.74, 6) is 0.779. The molecule has 0 amide bonds. The summed E-state index contributed by atoms with van der Waals surface area (Å²) in [6.07, 6.45) is 7.84. The van der Waals surface area contributed by atoms with Crippen molar-refractivity contribution in [2.45, 2.75) is 70.9 Å². The highest BCUT2D eigenvalue weighted by Crippen LogP contribution is 2.32. The van der Waals surface area contributed by atoms with E-state index < -0.39 is 0 Å². The normalized spacial score (nSPS) is 29.7. The van der Waals surface area contributed by atoms with E-state index in [9.17, 15) is 0 Å². The molecule has 0 aromatic heterocycles. The first kappa shape index (κ1) is 16.3. The van der Waals surface area contributed by atoms with Crippen LogP contribution in [0.25, 0.3) is 0 Å². The second-order valence-corrected chi connectivity index (χ2v) is 7.13. The van der Waals surface area contributed by atoms with Crippen molar-refractivity contribution in [3.63, 3.8) is 0 Å². The van der Waals surface area contributed by atoms with Gasteiger partial charge in [0.05, 0.1) is 0 Å². The van der Waals surface area contributed by atoms with Crippen molar-refractivity contribution in [3.8, 4) is 0 Å². The third-order valence-corrected chi connectivity index (χ3v) is 5.94. The van der Waals surface area contributed by atoms with E-state index in [1.165, 1.54) is 64.7 Å². The smallest absolute Gasteiger partial charge is 0.0332 e. The molecule has 2 aliphatic rings. The third-order valence-electron chi connectivity index (χ3n) is 5.94. The van der Waals surface area contributed by atoms with Gasteiger partial charge >= 0.3 is 0 Å². The number of nitrogens with zero attached hydrogens (tertiary/aromatic N) is 2. The molecule has 3 nitrogen and oxygen atoms in total. The molecule has 2 rings (SSSR count). The molecule has 3 unspecified atom stereocenters. The molecule has 20 heavy (non-hydrogen) atoms. The van der Waals surface area contributed by atoms with Gasteiger partial charge in [-0.3, -0.25) is 9.80 Å². The Morgan fingerprint density at radius 2 is 1.95 bits per heavy atom. The van der Waals surface area contributed by atoms with Gasteiger partial charge in [-0.25, -0.2) is 0 Å². The second kappa shape index (κ2) is 7.24. The molecule has 0 aromatic carbocycles. The van der Waals surface area contributed by atoms with Crippen LogP contribution in [0.2, 0.25) is 0 Å². The van der Waals surface area contributed by atoms with Gasteiger partial charge in [-0.15, -0.1) is 0 Å². The van der Waals surface area contributed by atoms with Gasteiger partial charge in [0.1, 0.15) is 0 Å². The minimum atomic E-state index is 0.244. The van der Waals surface area contributed by atoms with Crippen LogP contribution in [-0.2, 0) is 0 Å². The molecule has 0 aromatic rings. The van der Waals surface area contributed by atoms with Crippen LogP contribution in [0.1, 0.15) is 59.3 Å². The molecule has 3 heteroatoms. The zero-order valence-electron chi connectivity index (χ0n) is 13.9. The number of hydrogen-bond donors (Lipinski definition) is 1. The van der Waals surface area contributed by atoms with E-state index in [1.54, 1.807) is 0 Å². The molecule has 2 saturated heterocycles. The third kappa shape index (κ3) is 3.37. The Morgan fingerprint density at radius 1 is 1.20 bits per heavy atom. The summed E-state index contributed by atoms with van der Waals surface area (Å²) in [4.78, 5) is 5.50. The highest BCUT2D eigenvalue weighted by molar-refractivity contribution is 4.96. The number of hydrogen-bond acceptors (Lipinski definition) is 3. The summed E-state index contributed by atoms with van der Waals surface area (Å²) in [5.41, 5.74) is 6.53. The lowest BCUT2D eigenvalue weighted by atomic mass is 9.82. The van der Waals surface area contributed by atoms with Gasteiger partial charge in [0.2, 0.25) is 0 Å². The van der Waals surface area contributed by atoms with Gasteiger partial charge in [-0.2, -0.15) is 0 Å². The molecule has 3 atom stereocenters. The Labute approximate surface area is 125 Å². The van der Waals surface area contributed by atoms with E-state index in [2.05, 4.69) is 30.6 Å². The van der Waals surface area contributed by atoms with E-state index in [1.807, 2.05) is 0 Å². The quantitative estimate of drug-likeness (QED) is 0.812. The Balaban J connectivity index is 2.10. The SMILES string of the molecule is CCC(C)CC(CC)(CN)N1CCCN2CCCC2C1. The van der Waals surface area contributed by atoms with E-state index in [0.29, 0.717) is 0 Å². The lowest BCUT2D eigenvalue weighted by molar-refractivity contribution is 0.0589. The largest absolute Gasteiger partial charge is 0.329 e. The Kier molecular flexibility index (Phi) is 5.88. The number of rotatable bonds is 6. The molecule has 118 valence electrons. The molecule has 0 radical (unpaired) electrons. The van der Waals surface area contributed by atoms with Gasteiger partial charge in [-0.05, 0) is 51.1 Å². The first-order chi connectivity index (χ1) is 9.65. The lowest BCUT2D eigenvalue weighted by Crippen LogP contribution is -2.56. The van der Waals surface area contributed by atoms with Crippen LogP contribution < -0.4 is 5.73 Å². The minimum absolute atomic E-state index is 0.244. The summed E-state index contributed by atoms with van der Waals surface area (Å²) < 4.78 is 0. The van der Waals surface area contributed by atoms with Crippen LogP contribution in [0.5, 0.6) is 0 Å². The summed E-state index contributed by atoms with van der Waals surface area (Å²) in [6, 6.07) is 0.798. The monoisotopic (exact) mass is 281 g/mol. The maximum atomic E-state index is 6.29. The van der Waals surface area contributed by atoms with Gasteiger partial charge in [-0.1, -0.05) is 27.2 Å². The molecule has 2 heterocycles. The highest BCUT2D eigenvalue weighted by Gasteiger charge is 2.39. The second-order valence-electron chi connectivity index (χ2n) is 7.13. The molecular weight excluding hydrogens is 246 g/mol. The first-order valence-corrected chi connectivity index (χ1v) is 8.84. The van der Waals surface area contributed by atoms with Gasteiger partial charge in [0, 0.05) is 31.2 Å². The Hall–Kier alpha value is -0.120. The Morgan fingerprint density at radius 3 is 2.60 bits per heavy atom. The summed E-state index contributed by atoms with van der Waals surface area (Å²) in [7, 11) is 0. The predicted octanol–water partition coefficient (Wildman–Crippen LogP) is 2.70. The van der Waals surface area contributed by atoms with Crippen LogP contribution in [0.3, 0.4) is 0 Å². The van der Waals surface area contributed by atoms with E-state index in [-0.39, 0.29) is 5.54 Å². The van der Waals surface area contributed by atoms with Gasteiger partial charge in [0.25, 0.3) is 0 Å². The van der Waals surface area contributed by atoms with Crippen LogP contribution >= 0.6 is 0 Å². The molecule has 0 spiro atoms. The van der Waals surface area contributed by atoms with Crippen LogP contribution in [0.15, 0.2) is 0 Å². The van der Waals surface area contributed by atoms with Crippen molar-refractivity contribution in [2.75, 3.05) is 32.7 Å². The van der Waals surface area contributed by atoms with Crippen molar-refractivity contribution in [2.24, 2.45) is 11.7 Å². The highest BCUT2D eigenvalue weighted by atomic mass is 15.3. The molecule has 0 bridgehead atoms. The first-order valence-electron chi connectivity index (χ1n) is 8.84. The molecule has 0 saturated carbocycles. The van der Waals surface area contributed by atoms with E-state index in [0.717, 1.165) is 18.5 Å². The molecular formula is C17H35N3. The maximum absolute atomic E-state index is 6.29. The topological polar surface area (TPSA) is 32.5 Å². The summed E-state index contributed by atoms with van der Waals surface area (Å²) in [6.45, 7) is 13.0. The number of fused-ring (bicyclic) bond motifs is 1. The zero-order valence-corrected chi connectivity index (χ0v) is 13.9. The van der Waals surface area contributed by atoms with Crippen molar-refractivity contribution in [1.82, 2.24) is 9.80 Å². The fraction of sp³-hybridized carbons (Fsp3) is 1.00. The van der Waals surface area contributed by atoms with Crippen LogP contribution in [-0.4, -0.2) is 54.1 Å². The standard InChI is InChI=1S/C17H35N3/c1-4-15(3)12-17(5-2,14-18)20-11-7-10-19-9-6-8-16(19)13-20/h15-16H,4-14,18H2,1-3H3. The van der Waals surface area contributed by atoms with E-state index in [4.69, 9.17) is 5.73 Å². The lowest BCUT2D eigenvalue weighted by Gasteiger charge is -2.45. The average molecular weight is 281 g/mol. The van der Waals surface area contributed by atoms with Gasteiger partial charge in [0.15, 0.2) is 0 Å². The van der Waals surface area contributed by atoms with Crippen LogP contribution in [0, 0.1) is 5.92 Å². The summed E-state index contributed by atoms with van der Waals surface area (Å²) in [5, 5.41) is 0. The predicted molar refractivity (Wildman–Crippen MR) is 86.9 cm³/mol. The minimum Gasteiger partial charge on any atom is -0.329 e. The maximum Gasteiger partial charge on any atom is 0.0332 e.